The van der Waals surface area contributed by atoms with Gasteiger partial charge in [0.25, 0.3) is 0 Å². The number of thiol groups is 1. The van der Waals surface area contributed by atoms with Crippen LogP contribution in [0, 0.1) is 0 Å². The van der Waals surface area contributed by atoms with Gasteiger partial charge in [-0.25, -0.2) is 0 Å². The molecule has 0 amide bonds. The number of unbranched alkanes of at least 4 members (excludes halogenated alkanes) is 1. The molecule has 0 aliphatic carbocycles. The molecule has 0 radical (unpaired) electrons. The Hall–Kier alpha value is -0.960. The zero-order valence-electron chi connectivity index (χ0n) is 8.36. The van der Waals surface area contributed by atoms with Crippen molar-refractivity contribution in [3.63, 3.8) is 0 Å². The Kier molecular flexibility index (Phi) is 6.93. The number of allylic oxidation sites excluding steroid dienone is 4. The maximum Gasteiger partial charge on any atom is 0.303 e. The van der Waals surface area contributed by atoms with Gasteiger partial charge in [0.2, 0.25) is 0 Å². The molecule has 0 spiro atoms. The summed E-state index contributed by atoms with van der Waals surface area (Å²) in [4.78, 5) is 11.1. The molecule has 0 atom stereocenters. The second-order valence-corrected chi connectivity index (χ2v) is 3.44. The molecule has 0 aromatic carbocycles. The van der Waals surface area contributed by atoms with Crippen molar-refractivity contribution in [3.05, 3.63) is 35.3 Å². The first-order chi connectivity index (χ1) is 6.57. The summed E-state index contributed by atoms with van der Waals surface area (Å²) in [6.07, 6.45) is 7.20. The van der Waals surface area contributed by atoms with Crippen LogP contribution in [0.5, 0.6) is 0 Å². The predicted octanol–water partition coefficient (Wildman–Crippen LogP) is 3.19. The number of aliphatic carboxylic acids is 1. The molecule has 0 saturated heterocycles. The molecule has 0 bridgehead atoms. The van der Waals surface area contributed by atoms with Gasteiger partial charge in [0.15, 0.2) is 0 Å². The van der Waals surface area contributed by atoms with Crippen molar-refractivity contribution in [2.75, 3.05) is 0 Å². The first-order valence-corrected chi connectivity index (χ1v) is 4.93. The minimum atomic E-state index is -0.748. The minimum absolute atomic E-state index is 0.219. The van der Waals surface area contributed by atoms with E-state index in [2.05, 4.69) is 19.2 Å². The average molecular weight is 212 g/mol. The fraction of sp³-hybridized carbons (Fsp3) is 0.364. The third kappa shape index (κ3) is 6.54. The van der Waals surface area contributed by atoms with E-state index in [1.54, 1.807) is 6.08 Å². The first kappa shape index (κ1) is 13.0. The number of carboxylic acid groups (broad SMARTS) is 1. The van der Waals surface area contributed by atoms with E-state index in [9.17, 15) is 4.79 Å². The summed E-state index contributed by atoms with van der Waals surface area (Å²) in [6, 6.07) is 0. The van der Waals surface area contributed by atoms with E-state index >= 15 is 0 Å². The number of hydrogen-bond donors (Lipinski definition) is 2. The maximum atomic E-state index is 10.2. The summed E-state index contributed by atoms with van der Waals surface area (Å²) < 4.78 is 0. The lowest BCUT2D eigenvalue weighted by molar-refractivity contribution is -0.137. The van der Waals surface area contributed by atoms with Gasteiger partial charge in [-0.2, -0.15) is 0 Å². The monoisotopic (exact) mass is 212 g/mol. The fourth-order valence-corrected chi connectivity index (χ4v) is 0.999. The Morgan fingerprint density at radius 2 is 2.21 bits per heavy atom. The zero-order valence-corrected chi connectivity index (χ0v) is 9.26. The molecule has 3 heteroatoms. The summed E-state index contributed by atoms with van der Waals surface area (Å²) in [7, 11) is 0. The predicted molar refractivity (Wildman–Crippen MR) is 62.5 cm³/mol. The Labute approximate surface area is 90.4 Å². The standard InChI is InChI=1S/C11H16O2S/c1-3-9(2)10(14)7-5-4-6-8-11(12)13/h3,5,7,14H,1,4,6,8H2,2H3,(H,12,13)/b7-5-,10-9+. The summed E-state index contributed by atoms with van der Waals surface area (Å²) in [5.41, 5.74) is 1.02. The number of rotatable bonds is 6. The Morgan fingerprint density at radius 3 is 2.71 bits per heavy atom. The summed E-state index contributed by atoms with van der Waals surface area (Å²) >= 11 is 4.25. The van der Waals surface area contributed by atoms with Crippen LogP contribution in [0.15, 0.2) is 35.3 Å². The highest BCUT2D eigenvalue weighted by Crippen LogP contribution is 2.11. The molecule has 1 N–H and O–H groups in total. The van der Waals surface area contributed by atoms with E-state index in [4.69, 9.17) is 5.11 Å². The first-order valence-electron chi connectivity index (χ1n) is 4.48. The van der Waals surface area contributed by atoms with Gasteiger partial charge in [0.05, 0.1) is 0 Å². The van der Waals surface area contributed by atoms with Gasteiger partial charge in [-0.3, -0.25) is 4.79 Å². The summed E-state index contributed by atoms with van der Waals surface area (Å²) in [5, 5.41) is 8.39. The van der Waals surface area contributed by atoms with Crippen LogP contribution in [0.1, 0.15) is 26.2 Å². The number of hydrogen-bond acceptors (Lipinski definition) is 2. The van der Waals surface area contributed by atoms with Crippen LogP contribution in [0.2, 0.25) is 0 Å². The molecule has 0 heterocycles. The van der Waals surface area contributed by atoms with Crippen LogP contribution < -0.4 is 0 Å². The highest BCUT2D eigenvalue weighted by Gasteiger charge is 1.93. The zero-order chi connectivity index (χ0) is 11.0. The van der Waals surface area contributed by atoms with Gasteiger partial charge in [0, 0.05) is 11.3 Å². The van der Waals surface area contributed by atoms with Crippen molar-refractivity contribution in [1.29, 1.82) is 0 Å². The third-order valence-electron chi connectivity index (χ3n) is 1.75. The van der Waals surface area contributed by atoms with Crippen molar-refractivity contribution >= 4 is 18.6 Å². The maximum absolute atomic E-state index is 10.2. The second kappa shape index (κ2) is 7.44. The molecule has 14 heavy (non-hydrogen) atoms. The SMILES string of the molecule is C=C/C(C)=C(S)\C=C/CCCC(=O)O. The van der Waals surface area contributed by atoms with Crippen molar-refractivity contribution < 1.29 is 9.90 Å². The van der Waals surface area contributed by atoms with Crippen LogP contribution in [0.4, 0.5) is 0 Å². The molecule has 0 aliphatic rings. The number of carbonyl (C=O) groups is 1. The lowest BCUT2D eigenvalue weighted by atomic mass is 10.2. The van der Waals surface area contributed by atoms with Crippen LogP contribution >= 0.6 is 12.6 Å². The van der Waals surface area contributed by atoms with Gasteiger partial charge < -0.3 is 5.11 Å². The van der Waals surface area contributed by atoms with Gasteiger partial charge in [0.1, 0.15) is 0 Å². The quantitative estimate of drug-likeness (QED) is 0.403. The lowest BCUT2D eigenvalue weighted by Gasteiger charge is -1.95. The van der Waals surface area contributed by atoms with Crippen molar-refractivity contribution in [1.82, 2.24) is 0 Å². The Morgan fingerprint density at radius 1 is 1.57 bits per heavy atom. The largest absolute Gasteiger partial charge is 0.481 e. The molecule has 0 rings (SSSR count). The molecule has 2 nitrogen and oxygen atoms in total. The molecule has 78 valence electrons. The van der Waals surface area contributed by atoms with Crippen LogP contribution in [-0.2, 0) is 4.79 Å². The van der Waals surface area contributed by atoms with E-state index in [1.807, 2.05) is 19.1 Å². The molecule has 0 aromatic heterocycles. The van der Waals surface area contributed by atoms with Crippen LogP contribution in [0.3, 0.4) is 0 Å². The molecule has 0 saturated carbocycles. The highest BCUT2D eigenvalue weighted by atomic mass is 32.1. The van der Waals surface area contributed by atoms with Gasteiger partial charge in [-0.15, -0.1) is 12.6 Å². The van der Waals surface area contributed by atoms with E-state index < -0.39 is 5.97 Å². The van der Waals surface area contributed by atoms with Crippen molar-refractivity contribution in [2.24, 2.45) is 0 Å². The summed E-state index contributed by atoms with van der Waals surface area (Å²) in [6.45, 7) is 5.56. The van der Waals surface area contributed by atoms with Gasteiger partial charge >= 0.3 is 5.97 Å². The van der Waals surface area contributed by atoms with Crippen LogP contribution in [-0.4, -0.2) is 11.1 Å². The fourth-order valence-electron chi connectivity index (χ4n) is 0.802. The smallest absolute Gasteiger partial charge is 0.303 e. The van der Waals surface area contributed by atoms with Crippen molar-refractivity contribution in [2.45, 2.75) is 26.2 Å². The Balaban J connectivity index is 3.84. The normalized spacial score (nSPS) is 12.7. The minimum Gasteiger partial charge on any atom is -0.481 e. The van der Waals surface area contributed by atoms with Crippen molar-refractivity contribution in [3.8, 4) is 0 Å². The van der Waals surface area contributed by atoms with Gasteiger partial charge in [-0.05, 0) is 25.3 Å². The van der Waals surface area contributed by atoms with E-state index in [1.165, 1.54) is 0 Å². The molecule has 0 unspecified atom stereocenters. The molecular formula is C11H16O2S. The molecular weight excluding hydrogens is 196 g/mol. The average Bonchev–Trinajstić information content (AvgIpc) is 2.15. The van der Waals surface area contributed by atoms with E-state index in [-0.39, 0.29) is 6.42 Å². The highest BCUT2D eigenvalue weighted by molar-refractivity contribution is 7.84. The van der Waals surface area contributed by atoms with Crippen LogP contribution in [0.25, 0.3) is 0 Å². The molecule has 0 aliphatic heterocycles. The van der Waals surface area contributed by atoms with E-state index in [0.717, 1.165) is 16.9 Å². The molecule has 0 aromatic rings. The van der Waals surface area contributed by atoms with E-state index in [0.29, 0.717) is 6.42 Å². The topological polar surface area (TPSA) is 37.3 Å². The second-order valence-electron chi connectivity index (χ2n) is 2.96. The Bertz CT molecular complexity index is 264. The third-order valence-corrected chi connectivity index (χ3v) is 2.25. The summed E-state index contributed by atoms with van der Waals surface area (Å²) in [5.74, 6) is -0.748. The number of carboxylic acids is 1. The van der Waals surface area contributed by atoms with Gasteiger partial charge in [-0.1, -0.05) is 24.8 Å². The lowest BCUT2D eigenvalue weighted by Crippen LogP contribution is -1.92. The molecule has 0 fully saturated rings.